The van der Waals surface area contributed by atoms with Crippen LogP contribution in [0.1, 0.15) is 0 Å². The lowest BCUT2D eigenvalue weighted by molar-refractivity contribution is 0.725. The number of aromatic amines is 1. The Kier molecular flexibility index (Phi) is 3.01. The van der Waals surface area contributed by atoms with Gasteiger partial charge in [-0.15, -0.1) is 0 Å². The summed E-state index contributed by atoms with van der Waals surface area (Å²) in [4.78, 5) is 3.38. The Balaban J connectivity index is 0.000000292. The Morgan fingerprint density at radius 2 is 1.25 bits per heavy atom. The average Bonchev–Trinajstić information content (AvgIpc) is 2.68. The number of benzene rings is 2. The molecular weight excluding hydrogens is 201 g/mol. The molecule has 3 aromatic rings. The summed E-state index contributed by atoms with van der Waals surface area (Å²) in [6.45, 7) is 2.69. The van der Waals surface area contributed by atoms with Crippen molar-refractivity contribution in [1.29, 1.82) is 0 Å². The summed E-state index contributed by atoms with van der Waals surface area (Å²) in [6, 6.07) is 16.8. The maximum atomic E-state index is 10.1. The zero-order chi connectivity index (χ0) is 11.4. The number of rotatable bonds is 0. The molecule has 0 aliphatic rings. The topological polar surface area (TPSA) is 15.8 Å². The lowest BCUT2D eigenvalue weighted by atomic mass is 10.2. The van der Waals surface area contributed by atoms with Crippen LogP contribution in [0.5, 0.6) is 0 Å². The summed E-state index contributed by atoms with van der Waals surface area (Å²) in [7, 11) is 0. The first kappa shape index (κ1) is 10.4. The third kappa shape index (κ3) is 1.82. The molecule has 80 valence electrons. The average molecular weight is 213 g/mol. The highest BCUT2D eigenvalue weighted by Crippen LogP contribution is 2.24. The van der Waals surface area contributed by atoms with E-state index in [9.17, 15) is 4.39 Å². The molecule has 1 nitrogen and oxygen atoms in total. The minimum Gasteiger partial charge on any atom is -0.355 e. The van der Waals surface area contributed by atoms with Gasteiger partial charge in [-0.05, 0) is 12.1 Å². The van der Waals surface area contributed by atoms with Gasteiger partial charge >= 0.3 is 0 Å². The van der Waals surface area contributed by atoms with E-state index in [0.29, 0.717) is 0 Å². The zero-order valence-corrected chi connectivity index (χ0v) is 8.78. The van der Waals surface area contributed by atoms with Gasteiger partial charge in [0.1, 0.15) is 0 Å². The number of aromatic nitrogens is 1. The summed E-state index contributed by atoms with van der Waals surface area (Å²) in [5.41, 5.74) is 2.42. The molecule has 0 aliphatic heterocycles. The van der Waals surface area contributed by atoms with Crippen LogP contribution in [0.3, 0.4) is 0 Å². The molecule has 0 aliphatic carbocycles. The zero-order valence-electron chi connectivity index (χ0n) is 8.78. The molecule has 1 aromatic heterocycles. The lowest BCUT2D eigenvalue weighted by Gasteiger charge is -1.87. The van der Waals surface area contributed by atoms with E-state index in [1.807, 2.05) is 0 Å². The van der Waals surface area contributed by atoms with Gasteiger partial charge in [0, 0.05) is 21.8 Å². The molecule has 0 amide bonds. The van der Waals surface area contributed by atoms with E-state index in [-0.39, 0.29) is 6.33 Å². The number of hydrogen-bond acceptors (Lipinski definition) is 0. The fraction of sp³-hybridized carbons (Fsp3) is 0. The summed E-state index contributed by atoms with van der Waals surface area (Å²) in [5.74, 6) is 0. The number of halogens is 1. The van der Waals surface area contributed by atoms with Crippen molar-refractivity contribution in [2.75, 3.05) is 0 Å². The van der Waals surface area contributed by atoms with Crippen LogP contribution < -0.4 is 0 Å². The Morgan fingerprint density at radius 1 is 0.875 bits per heavy atom. The lowest BCUT2D eigenvalue weighted by Crippen LogP contribution is -1.62. The van der Waals surface area contributed by atoms with E-state index >= 15 is 0 Å². The van der Waals surface area contributed by atoms with Crippen molar-refractivity contribution in [3.63, 3.8) is 0 Å². The molecule has 1 N–H and O–H groups in total. The monoisotopic (exact) mass is 213 g/mol. The van der Waals surface area contributed by atoms with Gasteiger partial charge in [-0.2, -0.15) is 0 Å². The van der Waals surface area contributed by atoms with E-state index in [1.165, 1.54) is 21.8 Å². The highest BCUT2D eigenvalue weighted by molar-refractivity contribution is 6.06. The molecule has 1 heterocycles. The predicted molar refractivity (Wildman–Crippen MR) is 67.1 cm³/mol. The highest BCUT2D eigenvalue weighted by atomic mass is 19.1. The largest absolute Gasteiger partial charge is 0.355 e. The number of para-hydroxylation sites is 2. The normalized spacial score (nSPS) is 9.81. The summed E-state index contributed by atoms with van der Waals surface area (Å²) >= 11 is 0. The Bertz CT molecular complexity index is 560. The molecule has 0 spiro atoms. The maximum Gasteiger partial charge on any atom is 0.0795 e. The fourth-order valence-electron chi connectivity index (χ4n) is 1.80. The Hall–Kier alpha value is -2.09. The van der Waals surface area contributed by atoms with Gasteiger partial charge in [0.2, 0.25) is 0 Å². The SMILES string of the molecule is C=CF.c1ccc2c(c1)[nH]c1ccccc12. The third-order valence-corrected chi connectivity index (χ3v) is 2.41. The summed E-state index contributed by atoms with van der Waals surface area (Å²) < 4.78 is 10.1. The second kappa shape index (κ2) is 4.62. The van der Waals surface area contributed by atoms with Crippen LogP contribution in [0.4, 0.5) is 4.39 Å². The number of H-pyrrole nitrogens is 1. The first-order valence-corrected chi connectivity index (χ1v) is 5.03. The van der Waals surface area contributed by atoms with Crippen LogP contribution in [-0.4, -0.2) is 4.98 Å². The molecule has 2 heteroatoms. The predicted octanol–water partition coefficient (Wildman–Crippen LogP) is 4.42. The smallest absolute Gasteiger partial charge is 0.0795 e. The minimum absolute atomic E-state index is 0.250. The van der Waals surface area contributed by atoms with E-state index < -0.39 is 0 Å². The molecule has 0 atom stereocenters. The minimum atomic E-state index is 0.250. The van der Waals surface area contributed by atoms with E-state index in [1.54, 1.807) is 0 Å². The molecule has 16 heavy (non-hydrogen) atoms. The number of fused-ring (bicyclic) bond motifs is 3. The van der Waals surface area contributed by atoms with Crippen molar-refractivity contribution in [3.8, 4) is 0 Å². The van der Waals surface area contributed by atoms with Crippen molar-refractivity contribution in [1.82, 2.24) is 4.98 Å². The van der Waals surface area contributed by atoms with Gasteiger partial charge in [0.05, 0.1) is 6.33 Å². The standard InChI is InChI=1S/C12H9N.C2H3F/c1-3-7-11-9(5-1)10-6-2-4-8-12(10)13-11;1-2-3/h1-8,13H;2H,1H2. The first-order valence-electron chi connectivity index (χ1n) is 5.03. The van der Waals surface area contributed by atoms with Crippen molar-refractivity contribution in [2.45, 2.75) is 0 Å². The first-order chi connectivity index (χ1) is 7.86. The van der Waals surface area contributed by atoms with Crippen LogP contribution in [-0.2, 0) is 0 Å². The van der Waals surface area contributed by atoms with Crippen molar-refractivity contribution in [2.24, 2.45) is 0 Å². The molecule has 0 saturated carbocycles. The van der Waals surface area contributed by atoms with Crippen LogP contribution in [0.25, 0.3) is 21.8 Å². The number of nitrogens with one attached hydrogen (secondary N) is 1. The highest BCUT2D eigenvalue weighted by Gasteiger charge is 2.00. The van der Waals surface area contributed by atoms with Crippen LogP contribution >= 0.6 is 0 Å². The number of hydrogen-bond donors (Lipinski definition) is 1. The molecule has 0 radical (unpaired) electrons. The fourth-order valence-corrected chi connectivity index (χ4v) is 1.80. The quantitative estimate of drug-likeness (QED) is 0.569. The van der Waals surface area contributed by atoms with Crippen LogP contribution in [0.15, 0.2) is 61.4 Å². The molecule has 0 saturated heterocycles. The molecule has 0 unspecified atom stereocenters. The van der Waals surface area contributed by atoms with Crippen LogP contribution in [0, 0.1) is 0 Å². The van der Waals surface area contributed by atoms with Gasteiger partial charge in [-0.3, -0.25) is 0 Å². The van der Waals surface area contributed by atoms with E-state index in [2.05, 4.69) is 60.1 Å². The van der Waals surface area contributed by atoms with Gasteiger partial charge in [0.15, 0.2) is 0 Å². The second-order valence-electron chi connectivity index (χ2n) is 3.37. The maximum absolute atomic E-state index is 10.1. The molecule has 3 rings (SSSR count). The molecular formula is C14H12FN. The summed E-state index contributed by atoms with van der Waals surface area (Å²) in [6.07, 6.45) is 0.250. The van der Waals surface area contributed by atoms with Crippen molar-refractivity contribution >= 4 is 21.8 Å². The van der Waals surface area contributed by atoms with Gasteiger partial charge in [-0.1, -0.05) is 43.0 Å². The summed E-state index contributed by atoms with van der Waals surface area (Å²) in [5, 5.41) is 2.61. The second-order valence-corrected chi connectivity index (χ2v) is 3.37. The Morgan fingerprint density at radius 3 is 1.69 bits per heavy atom. The van der Waals surface area contributed by atoms with Crippen molar-refractivity contribution in [3.05, 3.63) is 61.4 Å². The third-order valence-electron chi connectivity index (χ3n) is 2.41. The van der Waals surface area contributed by atoms with Gasteiger partial charge < -0.3 is 4.98 Å². The van der Waals surface area contributed by atoms with E-state index in [4.69, 9.17) is 0 Å². The van der Waals surface area contributed by atoms with E-state index in [0.717, 1.165) is 0 Å². The molecule has 2 aromatic carbocycles. The Labute approximate surface area is 93.2 Å². The molecule has 0 bridgehead atoms. The van der Waals surface area contributed by atoms with Gasteiger partial charge in [-0.25, -0.2) is 4.39 Å². The van der Waals surface area contributed by atoms with Crippen molar-refractivity contribution < 1.29 is 4.39 Å². The van der Waals surface area contributed by atoms with Gasteiger partial charge in [0.25, 0.3) is 0 Å². The van der Waals surface area contributed by atoms with Crippen LogP contribution in [0.2, 0.25) is 0 Å². The molecule has 0 fully saturated rings.